The minimum Gasteiger partial charge on any atom is -1.00 e. The molecule has 0 atom stereocenters. The molecule has 0 fully saturated rings. The molecule has 12 valence electrons. The quantitative estimate of drug-likeness (QED) is 0.373. The van der Waals surface area contributed by atoms with E-state index in [1.807, 2.05) is 0 Å². The van der Waals surface area contributed by atoms with Gasteiger partial charge in [0.25, 0.3) is 0 Å². The van der Waals surface area contributed by atoms with Gasteiger partial charge in [-0.25, -0.2) is 0 Å². The van der Waals surface area contributed by atoms with Crippen molar-refractivity contribution in [1.29, 1.82) is 0 Å². The first kappa shape index (κ1) is 22.7. The van der Waals surface area contributed by atoms with Gasteiger partial charge < -0.3 is 8.56 Å². The predicted octanol–water partition coefficient (Wildman–Crippen LogP) is -6.08. The molecule has 4 heteroatoms. The van der Waals surface area contributed by atoms with Crippen LogP contribution < -0.4 is 80.9 Å². The van der Waals surface area contributed by atoms with Crippen molar-refractivity contribution in [2.45, 2.75) is 0 Å². The molecule has 0 saturated carbocycles. The molecule has 0 aliphatic heterocycles. The number of hydrogen-bond acceptors (Lipinski definition) is 0. The van der Waals surface area contributed by atoms with E-state index in [-0.39, 0.29) is 176 Å². The molecule has 0 unspecified atom stereocenters. The average Bonchev–Trinajstić information content (AvgIpc) is 0. The summed E-state index contributed by atoms with van der Waals surface area (Å²) in [6, 6.07) is 0. The monoisotopic (exact) mass is 246 g/mol. The van der Waals surface area contributed by atoms with Gasteiger partial charge in [-0.1, -0.05) is 0 Å². The van der Waals surface area contributed by atoms with Crippen LogP contribution in [0.3, 0.4) is 0 Å². The zero-order valence-electron chi connectivity index (χ0n) is 9.41. The Morgan fingerprint density at radius 3 is 1.25 bits per heavy atom. The summed E-state index contributed by atoms with van der Waals surface area (Å²) in [4.78, 5) is 0. The average molecular weight is 246 g/mol. The summed E-state index contributed by atoms with van der Waals surface area (Å²) in [7, 11) is 0. The molecule has 0 aliphatic carbocycles. The fourth-order valence-corrected chi connectivity index (χ4v) is 0. The normalized spacial score (nSPS) is 0. The van der Waals surface area contributed by atoms with Crippen molar-refractivity contribution >= 4 is 86.6 Å². The van der Waals surface area contributed by atoms with Crippen LogP contribution in [-0.4, -0.2) is 86.6 Å². The largest absolute Gasteiger partial charge is 2.00 e. The molecule has 0 heterocycles. The Morgan fingerprint density at radius 2 is 1.25 bits per heavy atom. The van der Waals surface area contributed by atoms with E-state index >= 15 is 0 Å². The Kier molecular flexibility index (Phi) is 89.7. The molecule has 4 heavy (non-hydrogen) atoms. The third-order valence-electron chi connectivity index (χ3n) is 0. The minimum absolute atomic E-state index is 0. The van der Waals surface area contributed by atoms with E-state index < -0.39 is 0 Å². The van der Waals surface area contributed by atoms with Crippen LogP contribution in [0.2, 0.25) is 0 Å². The molecule has 0 nitrogen and oxygen atoms in total. The fraction of sp³-hybridized carbons (Fsp3) is 0. The van der Waals surface area contributed by atoms with Crippen LogP contribution in [-0.2, 0) is 0 Å². The second-order valence-corrected chi connectivity index (χ2v) is 0. The van der Waals surface area contributed by atoms with Crippen LogP contribution in [0, 0.1) is 0 Å². The van der Waals surface area contributed by atoms with E-state index in [0.717, 1.165) is 0 Å². The maximum Gasteiger partial charge on any atom is 2.00 e. The van der Waals surface area contributed by atoms with E-state index in [4.69, 9.17) is 0 Å². The van der Waals surface area contributed by atoms with Crippen molar-refractivity contribution in [2.75, 3.05) is 0 Å². The summed E-state index contributed by atoms with van der Waals surface area (Å²) >= 11 is 0. The molecule has 0 aromatic heterocycles. The summed E-state index contributed by atoms with van der Waals surface area (Å²) in [6.07, 6.45) is 0. The fourth-order valence-electron chi connectivity index (χ4n) is 0. The molecule has 0 aliphatic rings. The van der Waals surface area contributed by atoms with Crippen LogP contribution in [0.4, 0.5) is 0 Å². The Morgan fingerprint density at radius 1 is 1.25 bits per heavy atom. The molecule has 0 N–H and O–H groups in total. The van der Waals surface area contributed by atoms with E-state index in [1.54, 1.807) is 0 Å². The van der Waals surface area contributed by atoms with Gasteiger partial charge in [-0.3, -0.25) is 0 Å². The zero-order chi connectivity index (χ0) is 0. The van der Waals surface area contributed by atoms with Crippen LogP contribution in [0.25, 0.3) is 0 Å². The van der Waals surface area contributed by atoms with Gasteiger partial charge in [0, 0.05) is 0 Å². The molecule has 0 radical (unpaired) electrons. The maximum atomic E-state index is 0. The van der Waals surface area contributed by atoms with Crippen molar-refractivity contribution in [3.8, 4) is 0 Å². The van der Waals surface area contributed by atoms with Gasteiger partial charge in [-0.05, 0) is 0 Å². The van der Waals surface area contributed by atoms with Gasteiger partial charge in [0.15, 0.2) is 0 Å². The van der Waals surface area contributed by atoms with Crippen molar-refractivity contribution < 1.29 is 89.5 Å². The number of hydrogen-bond donors (Lipinski definition) is 0. The first-order valence-corrected chi connectivity index (χ1v) is 0. The van der Waals surface area contributed by atoms with Gasteiger partial charge in [0.05, 0.1) is 0 Å². The summed E-state index contributed by atoms with van der Waals surface area (Å²) in [5.74, 6) is 0. The maximum absolute atomic E-state index is 0. The topological polar surface area (TPSA) is 0 Å². The van der Waals surface area contributed by atoms with Gasteiger partial charge in [-0.2, -0.15) is 0 Å². The van der Waals surface area contributed by atoms with Crippen LogP contribution in [0.1, 0.15) is 8.56 Å². The third-order valence-corrected chi connectivity index (χ3v) is 0. The second kappa shape index (κ2) is 15.8. The van der Waals surface area contributed by atoms with E-state index in [1.165, 1.54) is 0 Å². The molecule has 0 bridgehead atoms. The second-order valence-electron chi connectivity index (χ2n) is 0. The van der Waals surface area contributed by atoms with Gasteiger partial charge in [0.1, 0.15) is 0 Å². The Bertz CT molecular complexity index is 17.7. The van der Waals surface area contributed by atoms with E-state index in [9.17, 15) is 0 Å². The van der Waals surface area contributed by atoms with Crippen molar-refractivity contribution in [3.63, 3.8) is 0 Å². The summed E-state index contributed by atoms with van der Waals surface area (Å²) in [5.41, 5.74) is 0. The summed E-state index contributed by atoms with van der Waals surface area (Å²) in [6.45, 7) is 0. The van der Waals surface area contributed by atoms with Crippen molar-refractivity contribution in [2.24, 2.45) is 0 Å². The SMILES string of the molecule is [Ba+2].[Ca+2].[H-].[H-].[H-].[H-].[H-].[H-].[K+].[Na+]. The minimum atomic E-state index is 0. The molecule has 0 amide bonds. The van der Waals surface area contributed by atoms with Gasteiger partial charge in [-0.15, -0.1) is 0 Å². The number of rotatable bonds is 0. The molecule has 0 spiro atoms. The van der Waals surface area contributed by atoms with Crippen LogP contribution >= 0.6 is 0 Å². The van der Waals surface area contributed by atoms with Crippen LogP contribution in [0.5, 0.6) is 0 Å². The zero-order valence-corrected chi connectivity index (χ0v) is 15.2. The van der Waals surface area contributed by atoms with Crippen molar-refractivity contribution in [1.82, 2.24) is 0 Å². The summed E-state index contributed by atoms with van der Waals surface area (Å²) in [5, 5.41) is 0. The molecule has 0 rings (SSSR count). The van der Waals surface area contributed by atoms with Gasteiger partial charge >= 0.3 is 168 Å². The molecular weight excluding hydrogens is 239 g/mol. The molecule has 0 aromatic rings. The molecular formula is H6BaCaKNa. The Balaban J connectivity index is 0. The van der Waals surface area contributed by atoms with E-state index in [2.05, 4.69) is 0 Å². The van der Waals surface area contributed by atoms with Gasteiger partial charge in [0.2, 0.25) is 0 Å². The summed E-state index contributed by atoms with van der Waals surface area (Å²) < 4.78 is 0. The predicted molar refractivity (Wildman–Crippen MR) is 18.2 cm³/mol. The first-order chi connectivity index (χ1) is 0. The smallest absolute Gasteiger partial charge is 1.00 e. The third kappa shape index (κ3) is 10.4. The Labute approximate surface area is 170 Å². The van der Waals surface area contributed by atoms with E-state index in [0.29, 0.717) is 0 Å². The van der Waals surface area contributed by atoms with Crippen molar-refractivity contribution in [3.05, 3.63) is 0 Å². The van der Waals surface area contributed by atoms with Crippen LogP contribution in [0.15, 0.2) is 0 Å². The first-order valence-electron chi connectivity index (χ1n) is 0. The molecule has 0 aromatic carbocycles. The standard InChI is InChI=1S/Ba.Ca.K.Na.6H/q2*+2;2*+1;6*-1. The Hall–Kier alpha value is 5.47. The molecule has 0 saturated heterocycles.